The molecule has 0 saturated carbocycles. The molecule has 0 aliphatic carbocycles. The Morgan fingerprint density at radius 3 is 2.36 bits per heavy atom. The summed E-state index contributed by atoms with van der Waals surface area (Å²) >= 11 is 0. The SMILES string of the molecule is Cc1cc(=O)c(C(=O)N2CCN(c3ccccn3)CC2)nn1-c1ccccc1. The van der Waals surface area contributed by atoms with Gasteiger partial charge in [-0.25, -0.2) is 9.67 Å². The number of carbonyl (C=O) groups is 1. The summed E-state index contributed by atoms with van der Waals surface area (Å²) < 4.78 is 1.64. The molecule has 0 unspecified atom stereocenters. The molecule has 7 nitrogen and oxygen atoms in total. The first-order valence-electron chi connectivity index (χ1n) is 9.25. The highest BCUT2D eigenvalue weighted by molar-refractivity contribution is 5.92. The number of anilines is 1. The molecule has 0 N–H and O–H groups in total. The molecule has 3 heterocycles. The van der Waals surface area contributed by atoms with Crippen LogP contribution in [0.3, 0.4) is 0 Å². The van der Waals surface area contributed by atoms with Crippen LogP contribution in [0.15, 0.2) is 65.6 Å². The summed E-state index contributed by atoms with van der Waals surface area (Å²) in [6.07, 6.45) is 1.76. The normalized spacial score (nSPS) is 14.2. The minimum atomic E-state index is -0.346. The molecule has 142 valence electrons. The van der Waals surface area contributed by atoms with Crippen LogP contribution in [0.25, 0.3) is 5.69 Å². The second kappa shape index (κ2) is 7.64. The number of hydrogen-bond acceptors (Lipinski definition) is 5. The summed E-state index contributed by atoms with van der Waals surface area (Å²) in [6, 6.07) is 16.7. The number of amides is 1. The van der Waals surface area contributed by atoms with Crippen LogP contribution in [0, 0.1) is 6.92 Å². The van der Waals surface area contributed by atoms with Crippen molar-refractivity contribution in [2.75, 3.05) is 31.1 Å². The van der Waals surface area contributed by atoms with E-state index in [0.717, 1.165) is 11.5 Å². The van der Waals surface area contributed by atoms with E-state index in [1.807, 2.05) is 48.5 Å². The minimum Gasteiger partial charge on any atom is -0.353 e. The van der Waals surface area contributed by atoms with E-state index in [9.17, 15) is 9.59 Å². The molecule has 0 atom stereocenters. The van der Waals surface area contributed by atoms with Crippen LogP contribution < -0.4 is 10.3 Å². The van der Waals surface area contributed by atoms with Gasteiger partial charge in [0, 0.05) is 44.1 Å². The number of pyridine rings is 1. The quantitative estimate of drug-likeness (QED) is 0.699. The first-order valence-corrected chi connectivity index (χ1v) is 9.25. The van der Waals surface area contributed by atoms with E-state index in [-0.39, 0.29) is 17.0 Å². The number of rotatable bonds is 3. The van der Waals surface area contributed by atoms with Gasteiger partial charge in [0.25, 0.3) is 5.91 Å². The van der Waals surface area contributed by atoms with E-state index >= 15 is 0 Å². The van der Waals surface area contributed by atoms with Crippen molar-refractivity contribution in [3.05, 3.63) is 82.4 Å². The average Bonchev–Trinajstić information content (AvgIpc) is 2.75. The first kappa shape index (κ1) is 17.9. The van der Waals surface area contributed by atoms with Crippen LogP contribution in [0.2, 0.25) is 0 Å². The van der Waals surface area contributed by atoms with Crippen LogP contribution in [0.4, 0.5) is 5.82 Å². The van der Waals surface area contributed by atoms with Crippen molar-refractivity contribution < 1.29 is 4.79 Å². The topological polar surface area (TPSA) is 71.3 Å². The van der Waals surface area contributed by atoms with Crippen LogP contribution in [0.5, 0.6) is 0 Å². The van der Waals surface area contributed by atoms with Crippen molar-refractivity contribution in [2.24, 2.45) is 0 Å². The zero-order chi connectivity index (χ0) is 19.5. The van der Waals surface area contributed by atoms with Crippen molar-refractivity contribution >= 4 is 11.7 Å². The second-order valence-electron chi connectivity index (χ2n) is 6.71. The second-order valence-corrected chi connectivity index (χ2v) is 6.71. The summed E-state index contributed by atoms with van der Waals surface area (Å²) in [5.74, 6) is 0.574. The van der Waals surface area contributed by atoms with Gasteiger partial charge in [0.2, 0.25) is 5.43 Å². The van der Waals surface area contributed by atoms with Gasteiger partial charge in [0.05, 0.1) is 5.69 Å². The molecule has 0 spiro atoms. The molecule has 2 aromatic heterocycles. The predicted octanol–water partition coefficient (Wildman–Crippen LogP) is 1.90. The van der Waals surface area contributed by atoms with E-state index in [0.29, 0.717) is 31.9 Å². The lowest BCUT2D eigenvalue weighted by molar-refractivity contribution is 0.0737. The number of aryl methyl sites for hydroxylation is 1. The molecule has 3 aromatic rings. The molecule has 1 saturated heterocycles. The summed E-state index contributed by atoms with van der Waals surface area (Å²) in [6.45, 7) is 4.19. The van der Waals surface area contributed by atoms with Crippen molar-refractivity contribution in [2.45, 2.75) is 6.92 Å². The molecule has 1 amide bonds. The monoisotopic (exact) mass is 375 g/mol. The summed E-state index contributed by atoms with van der Waals surface area (Å²) in [4.78, 5) is 33.6. The van der Waals surface area contributed by atoms with Gasteiger partial charge in [-0.1, -0.05) is 24.3 Å². The zero-order valence-electron chi connectivity index (χ0n) is 15.7. The number of nitrogens with zero attached hydrogens (tertiary/aromatic N) is 5. The number of hydrogen-bond donors (Lipinski definition) is 0. The summed E-state index contributed by atoms with van der Waals surface area (Å²) in [7, 11) is 0. The molecular formula is C21H21N5O2. The Labute approximate surface area is 162 Å². The third kappa shape index (κ3) is 3.51. The molecule has 7 heteroatoms. The third-order valence-electron chi connectivity index (χ3n) is 4.85. The molecule has 1 fully saturated rings. The Balaban J connectivity index is 1.55. The van der Waals surface area contributed by atoms with Crippen molar-refractivity contribution in [3.63, 3.8) is 0 Å². The molecule has 0 radical (unpaired) electrons. The molecular weight excluding hydrogens is 354 g/mol. The maximum Gasteiger partial charge on any atom is 0.278 e. The smallest absolute Gasteiger partial charge is 0.278 e. The number of piperazine rings is 1. The standard InChI is InChI=1S/C21H21N5O2/c1-16-15-18(27)20(23-26(16)17-7-3-2-4-8-17)21(28)25-13-11-24(12-14-25)19-9-5-6-10-22-19/h2-10,15H,11-14H2,1H3. The van der Waals surface area contributed by atoms with Gasteiger partial charge in [-0.2, -0.15) is 5.10 Å². The van der Waals surface area contributed by atoms with E-state index < -0.39 is 0 Å². The lowest BCUT2D eigenvalue weighted by atomic mass is 10.2. The van der Waals surface area contributed by atoms with Gasteiger partial charge >= 0.3 is 0 Å². The minimum absolute atomic E-state index is 0.0410. The fourth-order valence-corrected chi connectivity index (χ4v) is 3.36. The Bertz CT molecular complexity index is 1030. The van der Waals surface area contributed by atoms with Gasteiger partial charge in [-0.05, 0) is 31.2 Å². The zero-order valence-corrected chi connectivity index (χ0v) is 15.7. The maximum atomic E-state index is 13.0. The summed E-state index contributed by atoms with van der Waals surface area (Å²) in [5, 5.41) is 4.38. The lowest BCUT2D eigenvalue weighted by Crippen LogP contribution is -2.50. The molecule has 4 rings (SSSR count). The highest BCUT2D eigenvalue weighted by Gasteiger charge is 2.26. The number of para-hydroxylation sites is 1. The van der Waals surface area contributed by atoms with E-state index in [1.165, 1.54) is 6.07 Å². The Hall–Kier alpha value is -3.48. The predicted molar refractivity (Wildman–Crippen MR) is 107 cm³/mol. The van der Waals surface area contributed by atoms with Crippen molar-refractivity contribution in [1.29, 1.82) is 0 Å². The highest BCUT2D eigenvalue weighted by atomic mass is 16.2. The Kier molecular flexibility index (Phi) is 4.89. The highest BCUT2D eigenvalue weighted by Crippen LogP contribution is 2.14. The van der Waals surface area contributed by atoms with Crippen LogP contribution in [-0.2, 0) is 0 Å². The van der Waals surface area contributed by atoms with Crippen LogP contribution in [0.1, 0.15) is 16.2 Å². The number of benzene rings is 1. The van der Waals surface area contributed by atoms with E-state index in [2.05, 4.69) is 15.0 Å². The third-order valence-corrected chi connectivity index (χ3v) is 4.85. The van der Waals surface area contributed by atoms with Gasteiger partial charge < -0.3 is 9.80 Å². The first-order chi connectivity index (χ1) is 13.6. The Morgan fingerprint density at radius 1 is 0.964 bits per heavy atom. The fourth-order valence-electron chi connectivity index (χ4n) is 3.36. The Morgan fingerprint density at radius 2 is 1.68 bits per heavy atom. The maximum absolute atomic E-state index is 13.0. The average molecular weight is 375 g/mol. The largest absolute Gasteiger partial charge is 0.353 e. The van der Waals surface area contributed by atoms with E-state index in [1.54, 1.807) is 22.7 Å². The van der Waals surface area contributed by atoms with Crippen molar-refractivity contribution in [3.8, 4) is 5.69 Å². The van der Waals surface area contributed by atoms with Gasteiger partial charge in [-0.15, -0.1) is 0 Å². The lowest BCUT2D eigenvalue weighted by Gasteiger charge is -2.35. The van der Waals surface area contributed by atoms with Gasteiger partial charge in [0.15, 0.2) is 5.69 Å². The molecule has 0 bridgehead atoms. The molecule has 1 aromatic carbocycles. The van der Waals surface area contributed by atoms with Crippen LogP contribution in [-0.4, -0.2) is 51.8 Å². The van der Waals surface area contributed by atoms with Gasteiger partial charge in [0.1, 0.15) is 5.82 Å². The summed E-state index contributed by atoms with van der Waals surface area (Å²) in [5.41, 5.74) is 1.12. The molecule has 1 aliphatic heterocycles. The molecule has 1 aliphatic rings. The number of aromatic nitrogens is 3. The molecule has 28 heavy (non-hydrogen) atoms. The van der Waals surface area contributed by atoms with Crippen molar-refractivity contribution in [1.82, 2.24) is 19.7 Å². The fraction of sp³-hybridized carbons (Fsp3) is 0.238. The van der Waals surface area contributed by atoms with Gasteiger partial charge in [-0.3, -0.25) is 9.59 Å². The van der Waals surface area contributed by atoms with E-state index in [4.69, 9.17) is 0 Å². The number of carbonyl (C=O) groups excluding carboxylic acids is 1. The van der Waals surface area contributed by atoms with Crippen LogP contribution >= 0.6 is 0 Å².